The van der Waals surface area contributed by atoms with Gasteiger partial charge in [0.05, 0.1) is 5.69 Å². The maximum atomic E-state index is 11.6. The van der Waals surface area contributed by atoms with E-state index in [1.165, 1.54) is 19.1 Å². The van der Waals surface area contributed by atoms with Gasteiger partial charge in [0.1, 0.15) is 10.4 Å². The van der Waals surface area contributed by atoms with Gasteiger partial charge in [-0.15, -0.1) is 10.1 Å². The highest BCUT2D eigenvalue weighted by Crippen LogP contribution is 2.22. The van der Waals surface area contributed by atoms with Crippen LogP contribution in [0.15, 0.2) is 18.2 Å². The Morgan fingerprint density at radius 3 is 2.76 bits per heavy atom. The van der Waals surface area contributed by atoms with Gasteiger partial charge >= 0.3 is 0 Å². The summed E-state index contributed by atoms with van der Waals surface area (Å²) in [6, 6.07) is 4.52. The van der Waals surface area contributed by atoms with Crippen molar-refractivity contribution < 1.29 is 18.3 Å². The van der Waals surface area contributed by atoms with Crippen molar-refractivity contribution in [3.63, 3.8) is 0 Å². The van der Waals surface area contributed by atoms with Crippen molar-refractivity contribution in [2.24, 2.45) is 0 Å². The van der Waals surface area contributed by atoms with Crippen LogP contribution in [0.2, 0.25) is 5.15 Å². The maximum absolute atomic E-state index is 11.6. The van der Waals surface area contributed by atoms with E-state index in [4.69, 9.17) is 11.6 Å². The molecule has 0 N–H and O–H groups in total. The van der Waals surface area contributed by atoms with Crippen molar-refractivity contribution in [2.45, 2.75) is 12.2 Å². The van der Waals surface area contributed by atoms with Crippen molar-refractivity contribution in [3.8, 4) is 0 Å². The number of hydrogen-bond acceptors (Lipinski definition) is 6. The molecule has 94 valence electrons. The third kappa shape index (κ3) is 3.82. The van der Waals surface area contributed by atoms with Crippen LogP contribution in [0, 0.1) is 10.1 Å². The van der Waals surface area contributed by atoms with E-state index in [1.54, 1.807) is 6.07 Å². The Kier molecular flexibility index (Phi) is 4.24. The first-order valence-electron chi connectivity index (χ1n) is 4.44. The van der Waals surface area contributed by atoms with Crippen LogP contribution in [-0.4, -0.2) is 24.4 Å². The molecule has 1 aromatic heterocycles. The number of aromatic nitrogens is 1. The smallest absolute Gasteiger partial charge is 0.295 e. The zero-order valence-electron chi connectivity index (χ0n) is 8.74. The first-order valence-corrected chi connectivity index (χ1v) is 6.53. The molecule has 17 heavy (non-hydrogen) atoms. The second kappa shape index (κ2) is 5.28. The molecule has 1 unspecified atom stereocenters. The molecule has 0 saturated carbocycles. The number of rotatable bonds is 5. The number of sulfone groups is 1. The predicted molar refractivity (Wildman–Crippen MR) is 59.5 cm³/mol. The first kappa shape index (κ1) is 13.7. The summed E-state index contributed by atoms with van der Waals surface area (Å²) in [6.07, 6.45) is 0. The standard InChI is InChI=1S/C8H9ClN2O5S/c1-6(7-3-2-4-8(9)10-7)17(14,15)5-16-11(12)13/h2-4,6H,5H2,1H3. The Morgan fingerprint density at radius 2 is 2.24 bits per heavy atom. The van der Waals surface area contributed by atoms with Crippen LogP contribution in [0.3, 0.4) is 0 Å². The summed E-state index contributed by atoms with van der Waals surface area (Å²) < 4.78 is 23.3. The fourth-order valence-electron chi connectivity index (χ4n) is 1.05. The highest BCUT2D eigenvalue weighted by Gasteiger charge is 2.25. The summed E-state index contributed by atoms with van der Waals surface area (Å²) in [5.74, 6) is -1.00. The van der Waals surface area contributed by atoms with E-state index < -0.39 is 26.1 Å². The molecule has 0 fully saturated rings. The van der Waals surface area contributed by atoms with E-state index in [-0.39, 0.29) is 10.8 Å². The molecule has 0 amide bonds. The lowest BCUT2D eigenvalue weighted by Gasteiger charge is -2.11. The molecule has 7 nitrogen and oxygen atoms in total. The lowest BCUT2D eigenvalue weighted by atomic mass is 10.3. The lowest BCUT2D eigenvalue weighted by molar-refractivity contribution is -0.752. The third-order valence-corrected chi connectivity index (χ3v) is 3.98. The summed E-state index contributed by atoms with van der Waals surface area (Å²) >= 11 is 5.62. The van der Waals surface area contributed by atoms with Gasteiger partial charge in [-0.2, -0.15) is 0 Å². The summed E-state index contributed by atoms with van der Waals surface area (Å²) in [6.45, 7) is 1.36. The molecule has 9 heteroatoms. The molecule has 0 saturated heterocycles. The molecule has 1 heterocycles. The quantitative estimate of drug-likeness (QED) is 0.459. The van der Waals surface area contributed by atoms with E-state index in [2.05, 4.69) is 9.82 Å². The van der Waals surface area contributed by atoms with Crippen LogP contribution < -0.4 is 0 Å². The van der Waals surface area contributed by atoms with Crippen molar-refractivity contribution in [1.82, 2.24) is 4.98 Å². The van der Waals surface area contributed by atoms with Gasteiger partial charge < -0.3 is 0 Å². The van der Waals surface area contributed by atoms with Gasteiger partial charge in [0.2, 0.25) is 0 Å². The average molecular weight is 281 g/mol. The van der Waals surface area contributed by atoms with Crippen LogP contribution in [0.1, 0.15) is 17.9 Å². The maximum Gasteiger partial charge on any atom is 0.295 e. The third-order valence-electron chi connectivity index (χ3n) is 2.01. The molecule has 0 spiro atoms. The van der Waals surface area contributed by atoms with Gasteiger partial charge in [-0.25, -0.2) is 13.4 Å². The topological polar surface area (TPSA) is 99.4 Å². The van der Waals surface area contributed by atoms with Crippen LogP contribution in [-0.2, 0) is 14.7 Å². The Balaban J connectivity index is 2.88. The van der Waals surface area contributed by atoms with Crippen molar-refractivity contribution in [3.05, 3.63) is 39.2 Å². The Morgan fingerprint density at radius 1 is 1.59 bits per heavy atom. The van der Waals surface area contributed by atoms with Gasteiger partial charge in [0.25, 0.3) is 5.09 Å². The minimum Gasteiger partial charge on any atom is -0.298 e. The normalized spacial score (nSPS) is 13.1. The molecule has 1 aromatic rings. The second-order valence-electron chi connectivity index (χ2n) is 3.16. The Hall–Kier alpha value is -1.41. The van der Waals surface area contributed by atoms with Gasteiger partial charge in [-0.05, 0) is 19.1 Å². The van der Waals surface area contributed by atoms with E-state index in [0.717, 1.165) is 0 Å². The van der Waals surface area contributed by atoms with Crippen LogP contribution in [0.25, 0.3) is 0 Å². The number of pyridine rings is 1. The molecular formula is C8H9ClN2O5S. The first-order chi connectivity index (χ1) is 7.83. The summed E-state index contributed by atoms with van der Waals surface area (Å²) in [4.78, 5) is 17.6. The Labute approximate surface area is 102 Å². The number of halogens is 1. The summed E-state index contributed by atoms with van der Waals surface area (Å²) in [5.41, 5.74) is 0.212. The molecule has 0 bridgehead atoms. The fourth-order valence-corrected chi connectivity index (χ4v) is 2.16. The molecule has 0 aliphatic heterocycles. The van der Waals surface area contributed by atoms with E-state index >= 15 is 0 Å². The second-order valence-corrected chi connectivity index (χ2v) is 5.82. The molecule has 1 atom stereocenters. The minimum atomic E-state index is -3.81. The molecule has 0 aromatic carbocycles. The summed E-state index contributed by atoms with van der Waals surface area (Å²) in [5, 5.41) is 7.91. The summed E-state index contributed by atoms with van der Waals surface area (Å²) in [7, 11) is -3.81. The van der Waals surface area contributed by atoms with Crippen LogP contribution >= 0.6 is 11.6 Å². The minimum absolute atomic E-state index is 0.153. The SMILES string of the molecule is CC(c1cccc(Cl)n1)S(=O)(=O)CO[N+](=O)[O-]. The molecular weight excluding hydrogens is 272 g/mol. The zero-order valence-corrected chi connectivity index (χ0v) is 10.3. The number of hydrogen-bond donors (Lipinski definition) is 0. The molecule has 0 aliphatic carbocycles. The highest BCUT2D eigenvalue weighted by molar-refractivity contribution is 7.91. The molecule has 0 radical (unpaired) electrons. The van der Waals surface area contributed by atoms with Crippen molar-refractivity contribution in [1.29, 1.82) is 0 Å². The molecule has 1 rings (SSSR count). The van der Waals surface area contributed by atoms with Crippen molar-refractivity contribution >= 4 is 21.4 Å². The highest BCUT2D eigenvalue weighted by atomic mass is 35.5. The predicted octanol–water partition coefficient (Wildman–Crippen LogP) is 1.38. The van der Waals surface area contributed by atoms with E-state index in [1.807, 2.05) is 0 Å². The van der Waals surface area contributed by atoms with Crippen LogP contribution in [0.5, 0.6) is 0 Å². The Bertz CT molecular complexity index is 518. The monoisotopic (exact) mass is 280 g/mol. The van der Waals surface area contributed by atoms with Gasteiger partial charge in [0, 0.05) is 0 Å². The van der Waals surface area contributed by atoms with E-state index in [0.29, 0.717) is 0 Å². The van der Waals surface area contributed by atoms with Gasteiger partial charge in [0.15, 0.2) is 15.8 Å². The van der Waals surface area contributed by atoms with Gasteiger partial charge in [-0.1, -0.05) is 17.7 Å². The lowest BCUT2D eigenvalue weighted by Crippen LogP contribution is -2.19. The number of nitrogens with zero attached hydrogens (tertiary/aromatic N) is 2. The zero-order chi connectivity index (χ0) is 13.1. The van der Waals surface area contributed by atoms with Gasteiger partial charge in [-0.3, -0.25) is 4.84 Å². The largest absolute Gasteiger partial charge is 0.298 e. The fraction of sp³-hybridized carbons (Fsp3) is 0.375. The van der Waals surface area contributed by atoms with Crippen molar-refractivity contribution in [2.75, 3.05) is 5.94 Å². The average Bonchev–Trinajstić information content (AvgIpc) is 2.25. The molecule has 0 aliphatic rings. The van der Waals surface area contributed by atoms with E-state index in [9.17, 15) is 18.5 Å². The van der Waals surface area contributed by atoms with Crippen LogP contribution in [0.4, 0.5) is 0 Å².